The largest absolute Gasteiger partial charge is 0.507 e. The zero-order valence-corrected chi connectivity index (χ0v) is 10.1. The normalized spacial score (nSPS) is 11.4. The Bertz CT molecular complexity index is 656. The van der Waals surface area contributed by atoms with Crippen LogP contribution in [0.2, 0.25) is 0 Å². The van der Waals surface area contributed by atoms with Gasteiger partial charge in [0.1, 0.15) is 11.5 Å². The number of rotatable bonds is 1. The summed E-state index contributed by atoms with van der Waals surface area (Å²) in [5.74, 6) is 0.456. The van der Waals surface area contributed by atoms with Crippen LogP contribution in [0.4, 0.5) is 0 Å². The summed E-state index contributed by atoms with van der Waals surface area (Å²) in [7, 11) is 0.484. The molecule has 0 aliphatic rings. The third-order valence-corrected chi connectivity index (χ3v) is 5.03. The summed E-state index contributed by atoms with van der Waals surface area (Å²) in [6.07, 6.45) is 0. The van der Waals surface area contributed by atoms with Gasteiger partial charge in [0, 0.05) is 14.9 Å². The summed E-state index contributed by atoms with van der Waals surface area (Å²) in [6, 6.07) is 10.8. The van der Waals surface area contributed by atoms with Crippen molar-refractivity contribution in [1.29, 1.82) is 0 Å². The van der Waals surface area contributed by atoms with Gasteiger partial charge in [0.2, 0.25) is 0 Å². The van der Waals surface area contributed by atoms with Gasteiger partial charge in [0.05, 0.1) is 10.2 Å². The van der Waals surface area contributed by atoms with Crippen LogP contribution in [0.15, 0.2) is 36.4 Å². The molecule has 0 atom stereocenters. The van der Waals surface area contributed by atoms with Crippen molar-refractivity contribution in [2.45, 2.75) is 0 Å². The predicted octanol–water partition coefficient (Wildman–Crippen LogP) is 3.45. The van der Waals surface area contributed by atoms with Gasteiger partial charge in [-0.15, -0.1) is 0 Å². The Hall–Kier alpha value is -1.70. The van der Waals surface area contributed by atoms with Crippen molar-refractivity contribution in [3.63, 3.8) is 0 Å². The number of aromatic hydroxyl groups is 2. The highest BCUT2D eigenvalue weighted by Crippen LogP contribution is 2.53. The third kappa shape index (κ3) is 1.33. The molecule has 17 heavy (non-hydrogen) atoms. The monoisotopic (exact) mass is 246 g/mol. The predicted molar refractivity (Wildman–Crippen MR) is 70.0 cm³/mol. The van der Waals surface area contributed by atoms with E-state index in [0.29, 0.717) is 0 Å². The van der Waals surface area contributed by atoms with E-state index in [1.807, 2.05) is 12.1 Å². The first-order chi connectivity index (χ1) is 8.24. The zero-order valence-electron chi connectivity index (χ0n) is 9.21. The Morgan fingerprint density at radius 2 is 1.35 bits per heavy atom. The Balaban J connectivity index is 2.67. The fourth-order valence-electron chi connectivity index (χ4n) is 2.22. The number of hydrogen-bond donors (Lipinski definition) is 2. The zero-order chi connectivity index (χ0) is 12.0. The van der Waals surface area contributed by atoms with Crippen LogP contribution in [-0.2, 0) is 0 Å². The first kappa shape index (κ1) is 10.5. The Morgan fingerprint density at radius 1 is 0.882 bits per heavy atom. The molecule has 0 amide bonds. The number of hydrogen-bond acceptors (Lipinski definition) is 3. The molecule has 1 aromatic heterocycles. The van der Waals surface area contributed by atoms with Gasteiger partial charge in [-0.3, -0.25) is 0 Å². The molecular formula is C13H11O3P. The van der Waals surface area contributed by atoms with Gasteiger partial charge in [-0.1, -0.05) is 24.3 Å². The van der Waals surface area contributed by atoms with E-state index >= 15 is 0 Å². The molecule has 3 aromatic rings. The third-order valence-electron chi connectivity index (χ3n) is 2.91. The van der Waals surface area contributed by atoms with Crippen molar-refractivity contribution in [3.8, 4) is 11.5 Å². The standard InChI is InChI=1S/C13H11O3P/c1-16-17-12-8(4-2-6-10(12)14)9-5-3-7-11(15)13(9)17/h2-7,14-15H,1H3. The van der Waals surface area contributed by atoms with Gasteiger partial charge in [-0.05, 0) is 22.9 Å². The van der Waals surface area contributed by atoms with Crippen LogP contribution in [0.5, 0.6) is 11.5 Å². The van der Waals surface area contributed by atoms with Crippen molar-refractivity contribution < 1.29 is 14.7 Å². The number of phenolic OH excluding ortho intramolecular Hbond substituents is 2. The van der Waals surface area contributed by atoms with Crippen LogP contribution in [0.1, 0.15) is 0 Å². The Kier molecular flexibility index (Phi) is 2.25. The van der Waals surface area contributed by atoms with Gasteiger partial charge in [0.15, 0.2) is 0 Å². The van der Waals surface area contributed by atoms with Crippen LogP contribution in [0.25, 0.3) is 21.0 Å². The Labute approximate surface area is 99.0 Å². The minimum Gasteiger partial charge on any atom is -0.507 e. The topological polar surface area (TPSA) is 49.7 Å². The van der Waals surface area contributed by atoms with Crippen LogP contribution in [-0.4, -0.2) is 17.3 Å². The molecule has 0 saturated heterocycles. The lowest BCUT2D eigenvalue weighted by atomic mass is 10.1. The lowest BCUT2D eigenvalue weighted by Crippen LogP contribution is -1.75. The van der Waals surface area contributed by atoms with Gasteiger partial charge in [-0.2, -0.15) is 0 Å². The van der Waals surface area contributed by atoms with Crippen LogP contribution in [0.3, 0.4) is 0 Å². The number of phenols is 2. The first-order valence-corrected chi connectivity index (χ1v) is 6.48. The highest BCUT2D eigenvalue weighted by Gasteiger charge is 2.16. The number of fused-ring (bicyclic) bond motifs is 3. The average Bonchev–Trinajstić information content (AvgIpc) is 2.66. The molecule has 0 radical (unpaired) electrons. The molecule has 4 heteroatoms. The van der Waals surface area contributed by atoms with Crippen LogP contribution >= 0.6 is 7.76 Å². The fourth-order valence-corrected chi connectivity index (χ4v) is 4.20. The molecule has 0 bridgehead atoms. The summed E-state index contributed by atoms with van der Waals surface area (Å²) in [4.78, 5) is 0. The molecule has 86 valence electrons. The quantitative estimate of drug-likeness (QED) is 0.691. The van der Waals surface area contributed by atoms with Gasteiger partial charge in [-0.25, -0.2) is 0 Å². The molecule has 1 heterocycles. The molecule has 3 nitrogen and oxygen atoms in total. The highest BCUT2D eigenvalue weighted by molar-refractivity contribution is 7.57. The molecule has 0 aliphatic carbocycles. The van der Waals surface area contributed by atoms with E-state index < -0.39 is 7.76 Å². The van der Waals surface area contributed by atoms with E-state index in [9.17, 15) is 10.2 Å². The minimum absolute atomic E-state index is 0.228. The summed E-state index contributed by atoms with van der Waals surface area (Å²) in [6.45, 7) is 0. The summed E-state index contributed by atoms with van der Waals surface area (Å²) in [5, 5.41) is 23.4. The summed E-state index contributed by atoms with van der Waals surface area (Å²) in [5.41, 5.74) is 0. The molecular weight excluding hydrogens is 235 g/mol. The second-order valence-electron chi connectivity index (χ2n) is 3.82. The molecule has 0 fully saturated rings. The van der Waals surface area contributed by atoms with Crippen molar-refractivity contribution in [1.82, 2.24) is 0 Å². The van der Waals surface area contributed by atoms with E-state index in [2.05, 4.69) is 0 Å². The summed E-state index contributed by atoms with van der Waals surface area (Å²) < 4.78 is 5.47. The average molecular weight is 246 g/mol. The van der Waals surface area contributed by atoms with Crippen molar-refractivity contribution in [2.24, 2.45) is 0 Å². The molecule has 0 aliphatic heterocycles. The molecule has 2 aromatic carbocycles. The van der Waals surface area contributed by atoms with Crippen LogP contribution < -0.4 is 4.52 Å². The Morgan fingerprint density at radius 3 is 1.76 bits per heavy atom. The van der Waals surface area contributed by atoms with E-state index in [4.69, 9.17) is 4.52 Å². The van der Waals surface area contributed by atoms with Crippen LogP contribution in [0, 0.1) is 0 Å². The SMILES string of the molecule is COp1c2c(O)cccc2c2cccc(O)c21. The van der Waals surface area contributed by atoms with Crippen molar-refractivity contribution in [3.05, 3.63) is 36.4 Å². The van der Waals surface area contributed by atoms with E-state index in [1.54, 1.807) is 31.4 Å². The highest BCUT2D eigenvalue weighted by atomic mass is 31.1. The fraction of sp³-hybridized carbons (Fsp3) is 0.0769. The molecule has 2 N–H and O–H groups in total. The second kappa shape index (κ2) is 3.66. The maximum absolute atomic E-state index is 9.95. The molecule has 0 saturated carbocycles. The van der Waals surface area contributed by atoms with Crippen molar-refractivity contribution >= 4 is 28.8 Å². The first-order valence-electron chi connectivity index (χ1n) is 5.22. The van der Waals surface area contributed by atoms with Gasteiger partial charge in [0.25, 0.3) is 0 Å². The molecule has 0 spiro atoms. The van der Waals surface area contributed by atoms with E-state index in [0.717, 1.165) is 21.0 Å². The second-order valence-corrected chi connectivity index (χ2v) is 5.67. The van der Waals surface area contributed by atoms with Gasteiger partial charge >= 0.3 is 0 Å². The lowest BCUT2D eigenvalue weighted by Gasteiger charge is -2.01. The maximum atomic E-state index is 9.95. The lowest BCUT2D eigenvalue weighted by molar-refractivity contribution is 0.481. The minimum atomic E-state index is -1.12. The molecule has 3 rings (SSSR count). The van der Waals surface area contributed by atoms with E-state index in [-0.39, 0.29) is 11.5 Å². The van der Waals surface area contributed by atoms with Gasteiger partial charge < -0.3 is 14.7 Å². The molecule has 0 unspecified atom stereocenters. The smallest absolute Gasteiger partial charge is 0.129 e. The summed E-state index contributed by atoms with van der Waals surface area (Å²) >= 11 is 0. The maximum Gasteiger partial charge on any atom is 0.129 e. The van der Waals surface area contributed by atoms with Crippen molar-refractivity contribution in [2.75, 3.05) is 7.11 Å². The van der Waals surface area contributed by atoms with E-state index in [1.165, 1.54) is 0 Å². The number of benzene rings is 2.